The first-order valence-electron chi connectivity index (χ1n) is 15.8. The molecule has 2 rings (SSSR count). The van der Waals surface area contributed by atoms with Crippen LogP contribution in [0.1, 0.15) is 101 Å². The van der Waals surface area contributed by atoms with Crippen LogP contribution in [0, 0.1) is 0 Å². The number of phenolic OH excluding ortho intramolecular Hbond substituents is 2. The maximum atomic E-state index is 10.2. The summed E-state index contributed by atoms with van der Waals surface area (Å²) in [5.41, 5.74) is 1.24. The maximum absolute atomic E-state index is 10.2. The molecule has 0 aliphatic heterocycles. The topological polar surface area (TPSA) is 83.6 Å². The summed E-state index contributed by atoms with van der Waals surface area (Å²) in [6, 6.07) is 10.5. The lowest BCUT2D eigenvalue weighted by molar-refractivity contribution is 0.303. The first kappa shape index (κ1) is 34.7. The largest absolute Gasteiger partial charge is 0.507 e. The molecule has 6 nitrogen and oxygen atoms in total. The minimum absolute atomic E-state index is 0.166. The van der Waals surface area contributed by atoms with Gasteiger partial charge >= 0.3 is 0 Å². The van der Waals surface area contributed by atoms with Crippen LogP contribution < -0.4 is 9.47 Å². The fraction of sp³-hybridized carbons (Fsp3) is 0.500. The molecule has 0 saturated heterocycles. The molecule has 0 heterocycles. The van der Waals surface area contributed by atoms with E-state index in [9.17, 15) is 10.2 Å². The number of phenols is 2. The van der Waals surface area contributed by atoms with Gasteiger partial charge in [0.25, 0.3) is 0 Å². The molecule has 2 N–H and O–H groups in total. The van der Waals surface area contributed by atoms with Crippen molar-refractivity contribution in [3.8, 4) is 23.0 Å². The van der Waals surface area contributed by atoms with Crippen LogP contribution in [-0.2, 0) is 0 Å². The molecule has 0 aliphatic carbocycles. The smallest absolute Gasteiger partial charge is 0.124 e. The fourth-order valence-corrected chi connectivity index (χ4v) is 4.47. The molecule has 0 unspecified atom stereocenters. The van der Waals surface area contributed by atoms with Gasteiger partial charge in [-0.05, 0) is 74.9 Å². The number of hydrogen-bond acceptors (Lipinski definition) is 6. The Labute approximate surface area is 253 Å². The molecule has 0 atom stereocenters. The highest BCUT2D eigenvalue weighted by molar-refractivity contribution is 5.85. The van der Waals surface area contributed by atoms with Gasteiger partial charge in [0.05, 0.1) is 26.3 Å². The summed E-state index contributed by atoms with van der Waals surface area (Å²) in [4.78, 5) is 8.80. The van der Waals surface area contributed by atoms with Crippen molar-refractivity contribution in [1.82, 2.24) is 0 Å². The summed E-state index contributed by atoms with van der Waals surface area (Å²) in [6.45, 7) is 9.77. The van der Waals surface area contributed by atoms with Gasteiger partial charge in [-0.1, -0.05) is 63.5 Å². The van der Waals surface area contributed by atoms with E-state index in [2.05, 4.69) is 23.1 Å². The Morgan fingerprint density at radius 1 is 0.548 bits per heavy atom. The number of benzene rings is 2. The monoisotopic (exact) mass is 576 g/mol. The fourth-order valence-electron chi connectivity index (χ4n) is 4.47. The first-order chi connectivity index (χ1) is 20.6. The first-order valence-corrected chi connectivity index (χ1v) is 15.8. The van der Waals surface area contributed by atoms with Gasteiger partial charge in [-0.3, -0.25) is 9.98 Å². The average Bonchev–Trinajstić information content (AvgIpc) is 2.99. The zero-order valence-corrected chi connectivity index (χ0v) is 25.5. The van der Waals surface area contributed by atoms with Crippen LogP contribution in [0.25, 0.3) is 0 Å². The van der Waals surface area contributed by atoms with E-state index in [4.69, 9.17) is 9.47 Å². The van der Waals surface area contributed by atoms with Crippen molar-refractivity contribution < 1.29 is 19.7 Å². The molecule has 0 bridgehead atoms. The van der Waals surface area contributed by atoms with Crippen LogP contribution in [-0.4, -0.2) is 48.9 Å². The lowest BCUT2D eigenvalue weighted by atomic mass is 10.1. The predicted molar refractivity (Wildman–Crippen MR) is 177 cm³/mol. The SMILES string of the molecule is C=CCCCCCCCCOc1ccc(O)c(/C=N/CC/N=C/c2cc(OCCCCCCCCC=C)ccc2O)c1. The maximum Gasteiger partial charge on any atom is 0.124 e. The summed E-state index contributed by atoms with van der Waals surface area (Å²) in [7, 11) is 0. The van der Waals surface area contributed by atoms with Crippen molar-refractivity contribution in [2.45, 2.75) is 89.9 Å². The third kappa shape index (κ3) is 16.0. The standard InChI is InChI=1S/C36H52N2O4/c1-3-5-7-9-11-13-15-17-25-41-33-19-21-35(39)31(27-33)29-37-23-24-38-30-32-28-34(20-22-36(32)40)42-26-18-16-14-12-10-8-6-4-2/h3-4,19-22,27-30,39-40H,1-2,5-18,23-26H2/b37-29+,38-30+. The summed E-state index contributed by atoms with van der Waals surface area (Å²) >= 11 is 0. The molecule has 0 radical (unpaired) electrons. The molecule has 0 amide bonds. The van der Waals surface area contributed by atoms with E-state index in [1.807, 2.05) is 24.3 Å². The van der Waals surface area contributed by atoms with E-state index in [1.54, 1.807) is 36.7 Å². The van der Waals surface area contributed by atoms with Crippen molar-refractivity contribution in [1.29, 1.82) is 0 Å². The van der Waals surface area contributed by atoms with Crippen LogP contribution in [0.5, 0.6) is 23.0 Å². The van der Waals surface area contributed by atoms with Gasteiger partial charge in [0.1, 0.15) is 23.0 Å². The summed E-state index contributed by atoms with van der Waals surface area (Å²) in [6.07, 6.45) is 23.8. The molecular weight excluding hydrogens is 524 g/mol. The Kier molecular flexibility index (Phi) is 19.0. The van der Waals surface area contributed by atoms with Gasteiger partial charge < -0.3 is 19.7 Å². The molecule has 0 fully saturated rings. The highest BCUT2D eigenvalue weighted by Gasteiger charge is 2.03. The highest BCUT2D eigenvalue weighted by atomic mass is 16.5. The number of unbranched alkanes of at least 4 members (excludes halogenated alkanes) is 12. The third-order valence-corrected chi connectivity index (χ3v) is 6.96. The minimum Gasteiger partial charge on any atom is -0.507 e. The Morgan fingerprint density at radius 3 is 1.33 bits per heavy atom. The third-order valence-electron chi connectivity index (χ3n) is 6.96. The molecule has 0 saturated carbocycles. The second kappa shape index (κ2) is 23.1. The number of aliphatic imine (C=N–C) groups is 2. The van der Waals surface area contributed by atoms with Crippen molar-refractivity contribution in [3.05, 3.63) is 72.8 Å². The Morgan fingerprint density at radius 2 is 0.929 bits per heavy atom. The van der Waals surface area contributed by atoms with Crippen LogP contribution in [0.4, 0.5) is 0 Å². The number of aromatic hydroxyl groups is 2. The number of hydrogen-bond donors (Lipinski definition) is 2. The molecule has 0 aromatic heterocycles. The van der Waals surface area contributed by atoms with Crippen molar-refractivity contribution in [3.63, 3.8) is 0 Å². The molecule has 2 aromatic rings. The molecule has 0 aliphatic rings. The van der Waals surface area contributed by atoms with E-state index < -0.39 is 0 Å². The van der Waals surface area contributed by atoms with E-state index in [0.717, 1.165) is 50.0 Å². The zero-order valence-electron chi connectivity index (χ0n) is 25.5. The van der Waals surface area contributed by atoms with E-state index >= 15 is 0 Å². The lowest BCUT2D eigenvalue weighted by Crippen LogP contribution is -1.98. The second-order valence-corrected chi connectivity index (χ2v) is 10.6. The minimum atomic E-state index is 0.166. The summed E-state index contributed by atoms with van der Waals surface area (Å²) in [5, 5.41) is 20.4. The molecular formula is C36H52N2O4. The summed E-state index contributed by atoms with van der Waals surface area (Å²) < 4.78 is 11.7. The Bertz CT molecular complexity index is 995. The van der Waals surface area contributed by atoms with Crippen molar-refractivity contribution >= 4 is 12.4 Å². The number of nitrogens with zero attached hydrogens (tertiary/aromatic N) is 2. The van der Waals surface area contributed by atoms with Crippen molar-refractivity contribution in [2.24, 2.45) is 9.98 Å². The quantitative estimate of drug-likeness (QED) is 0.0701. The van der Waals surface area contributed by atoms with E-state index in [0.29, 0.717) is 37.4 Å². The number of rotatable bonds is 25. The van der Waals surface area contributed by atoms with Crippen LogP contribution in [0.3, 0.4) is 0 Å². The van der Waals surface area contributed by atoms with E-state index in [-0.39, 0.29) is 11.5 Å². The van der Waals surface area contributed by atoms with E-state index in [1.165, 1.54) is 51.4 Å². The van der Waals surface area contributed by atoms with Gasteiger partial charge in [0.15, 0.2) is 0 Å². The number of ether oxygens (including phenoxy) is 2. The highest BCUT2D eigenvalue weighted by Crippen LogP contribution is 2.23. The lowest BCUT2D eigenvalue weighted by Gasteiger charge is -2.08. The number of allylic oxidation sites excluding steroid dienone is 2. The average molecular weight is 577 g/mol. The Hall–Kier alpha value is -3.54. The van der Waals surface area contributed by atoms with Gasteiger partial charge in [-0.15, -0.1) is 13.2 Å². The van der Waals surface area contributed by atoms with Crippen molar-refractivity contribution in [2.75, 3.05) is 26.3 Å². The Balaban J connectivity index is 1.67. The summed E-state index contributed by atoms with van der Waals surface area (Å²) in [5.74, 6) is 1.80. The molecule has 2 aromatic carbocycles. The van der Waals surface area contributed by atoms with Crippen LogP contribution in [0.2, 0.25) is 0 Å². The van der Waals surface area contributed by atoms with Gasteiger partial charge in [-0.2, -0.15) is 0 Å². The van der Waals surface area contributed by atoms with Crippen LogP contribution >= 0.6 is 0 Å². The molecule has 230 valence electrons. The predicted octanol–water partition coefficient (Wildman–Crippen LogP) is 9.23. The normalized spacial score (nSPS) is 11.3. The molecule has 0 spiro atoms. The van der Waals surface area contributed by atoms with Gasteiger partial charge in [-0.25, -0.2) is 0 Å². The molecule has 42 heavy (non-hydrogen) atoms. The van der Waals surface area contributed by atoms with Gasteiger partial charge in [0.2, 0.25) is 0 Å². The molecule has 6 heteroatoms. The van der Waals surface area contributed by atoms with Crippen LogP contribution in [0.15, 0.2) is 71.7 Å². The zero-order chi connectivity index (χ0) is 30.1. The van der Waals surface area contributed by atoms with Gasteiger partial charge in [0, 0.05) is 23.6 Å². The second-order valence-electron chi connectivity index (χ2n) is 10.6.